The Bertz CT molecular complexity index is 309. The molecule has 82 valence electrons. The van der Waals surface area contributed by atoms with Crippen molar-refractivity contribution in [1.82, 2.24) is 9.97 Å². The van der Waals surface area contributed by atoms with Crippen LogP contribution in [0.4, 0.5) is 11.8 Å². The van der Waals surface area contributed by atoms with Crippen LogP contribution in [0, 0.1) is 6.92 Å². The number of nitrogens with zero attached hydrogens (tertiary/aromatic N) is 3. The molecule has 0 atom stereocenters. The van der Waals surface area contributed by atoms with Crippen LogP contribution in [0.15, 0.2) is 6.07 Å². The van der Waals surface area contributed by atoms with Gasteiger partial charge in [-0.2, -0.15) is 4.98 Å². The molecule has 2 heterocycles. The Morgan fingerprint density at radius 2 is 1.80 bits per heavy atom. The molecular weight excluding hydrogens is 188 g/mol. The van der Waals surface area contributed by atoms with Gasteiger partial charge in [-0.25, -0.2) is 4.98 Å². The molecular formula is C11H18N4. The lowest BCUT2D eigenvalue weighted by molar-refractivity contribution is 0.726. The van der Waals surface area contributed by atoms with Crippen molar-refractivity contribution in [3.8, 4) is 0 Å². The minimum absolute atomic E-state index is 0.571. The lowest BCUT2D eigenvalue weighted by Crippen LogP contribution is -2.26. The number of aryl methyl sites for hydroxylation is 1. The van der Waals surface area contributed by atoms with Gasteiger partial charge in [0.25, 0.3) is 0 Å². The second kappa shape index (κ2) is 4.47. The maximum Gasteiger partial charge on any atom is 0.227 e. The van der Waals surface area contributed by atoms with Gasteiger partial charge in [0.05, 0.1) is 0 Å². The van der Waals surface area contributed by atoms with Crippen LogP contribution in [0.2, 0.25) is 0 Å². The van der Waals surface area contributed by atoms with Crippen LogP contribution >= 0.6 is 0 Å². The second-order valence-corrected chi connectivity index (χ2v) is 4.14. The van der Waals surface area contributed by atoms with Crippen molar-refractivity contribution in [3.05, 3.63) is 11.8 Å². The van der Waals surface area contributed by atoms with E-state index in [1.165, 1.54) is 25.7 Å². The van der Waals surface area contributed by atoms with Crippen molar-refractivity contribution in [2.75, 3.05) is 23.7 Å². The molecule has 2 rings (SSSR count). The fourth-order valence-corrected chi connectivity index (χ4v) is 1.99. The standard InChI is InChI=1S/C11H18N4/c1-9-8-10(12)14-11(13-9)15-6-4-2-3-5-7-15/h8H,2-7H2,1H3,(H2,12,13,14). The highest BCUT2D eigenvalue weighted by atomic mass is 15.3. The molecule has 1 aliphatic rings. The molecule has 1 aliphatic heterocycles. The number of anilines is 2. The minimum atomic E-state index is 0.571. The average Bonchev–Trinajstić information content (AvgIpc) is 2.43. The molecule has 4 nitrogen and oxygen atoms in total. The van der Waals surface area contributed by atoms with Crippen LogP contribution in [-0.2, 0) is 0 Å². The van der Waals surface area contributed by atoms with E-state index in [0.29, 0.717) is 5.82 Å². The summed E-state index contributed by atoms with van der Waals surface area (Å²) in [5, 5.41) is 0. The van der Waals surface area contributed by atoms with Gasteiger partial charge in [0.2, 0.25) is 5.95 Å². The SMILES string of the molecule is Cc1cc(N)nc(N2CCCCCC2)n1. The van der Waals surface area contributed by atoms with Crippen LogP contribution in [0.25, 0.3) is 0 Å². The third-order valence-corrected chi connectivity index (χ3v) is 2.75. The normalized spacial score (nSPS) is 17.5. The van der Waals surface area contributed by atoms with E-state index in [9.17, 15) is 0 Å². The first-order valence-corrected chi connectivity index (χ1v) is 5.62. The predicted molar refractivity (Wildman–Crippen MR) is 61.9 cm³/mol. The van der Waals surface area contributed by atoms with Gasteiger partial charge < -0.3 is 10.6 Å². The van der Waals surface area contributed by atoms with Crippen molar-refractivity contribution in [2.24, 2.45) is 0 Å². The van der Waals surface area contributed by atoms with Crippen molar-refractivity contribution >= 4 is 11.8 Å². The van der Waals surface area contributed by atoms with Crippen molar-refractivity contribution < 1.29 is 0 Å². The highest BCUT2D eigenvalue weighted by Gasteiger charge is 2.12. The van der Waals surface area contributed by atoms with E-state index in [4.69, 9.17) is 5.73 Å². The van der Waals surface area contributed by atoms with Crippen LogP contribution in [0.1, 0.15) is 31.4 Å². The summed E-state index contributed by atoms with van der Waals surface area (Å²) in [7, 11) is 0. The predicted octanol–water partition coefficient (Wildman–Crippen LogP) is 1.75. The van der Waals surface area contributed by atoms with Crippen LogP contribution < -0.4 is 10.6 Å². The first-order chi connectivity index (χ1) is 7.25. The van der Waals surface area contributed by atoms with Crippen molar-refractivity contribution in [3.63, 3.8) is 0 Å². The van der Waals surface area contributed by atoms with E-state index >= 15 is 0 Å². The molecule has 0 aromatic carbocycles. The van der Waals surface area contributed by atoms with Crippen molar-refractivity contribution in [1.29, 1.82) is 0 Å². The number of nitrogens with two attached hydrogens (primary N) is 1. The largest absolute Gasteiger partial charge is 0.384 e. The van der Waals surface area contributed by atoms with Gasteiger partial charge in [-0.1, -0.05) is 12.8 Å². The third kappa shape index (κ3) is 2.58. The molecule has 2 N–H and O–H groups in total. The van der Waals surface area contributed by atoms with Crippen LogP contribution in [0.5, 0.6) is 0 Å². The summed E-state index contributed by atoms with van der Waals surface area (Å²) in [4.78, 5) is 11.0. The number of aromatic nitrogens is 2. The Hall–Kier alpha value is -1.32. The number of hydrogen-bond donors (Lipinski definition) is 1. The van der Waals surface area contributed by atoms with Gasteiger partial charge in [0, 0.05) is 24.8 Å². The molecule has 0 aliphatic carbocycles. The Morgan fingerprint density at radius 1 is 1.13 bits per heavy atom. The van der Waals surface area contributed by atoms with E-state index in [1.807, 2.05) is 6.92 Å². The second-order valence-electron chi connectivity index (χ2n) is 4.14. The number of hydrogen-bond acceptors (Lipinski definition) is 4. The molecule has 0 amide bonds. The summed E-state index contributed by atoms with van der Waals surface area (Å²) in [6, 6.07) is 1.81. The highest BCUT2D eigenvalue weighted by Crippen LogP contribution is 2.16. The summed E-state index contributed by atoms with van der Waals surface area (Å²) >= 11 is 0. The molecule has 1 aromatic rings. The molecule has 0 bridgehead atoms. The van der Waals surface area contributed by atoms with E-state index in [-0.39, 0.29) is 0 Å². The van der Waals surface area contributed by atoms with Gasteiger partial charge >= 0.3 is 0 Å². The smallest absolute Gasteiger partial charge is 0.227 e. The zero-order chi connectivity index (χ0) is 10.7. The zero-order valence-electron chi connectivity index (χ0n) is 9.24. The van der Waals surface area contributed by atoms with Gasteiger partial charge in [-0.05, 0) is 19.8 Å². The lowest BCUT2D eigenvalue weighted by atomic mass is 10.2. The first kappa shape index (κ1) is 10.2. The quantitative estimate of drug-likeness (QED) is 0.760. The molecule has 15 heavy (non-hydrogen) atoms. The third-order valence-electron chi connectivity index (χ3n) is 2.75. The Morgan fingerprint density at radius 3 is 2.40 bits per heavy atom. The molecule has 0 spiro atoms. The first-order valence-electron chi connectivity index (χ1n) is 5.62. The molecule has 0 saturated carbocycles. The van der Waals surface area contributed by atoms with E-state index in [0.717, 1.165) is 24.7 Å². The molecule has 0 unspecified atom stereocenters. The number of rotatable bonds is 1. The fraction of sp³-hybridized carbons (Fsp3) is 0.636. The van der Waals surface area contributed by atoms with Crippen LogP contribution in [-0.4, -0.2) is 23.1 Å². The Labute approximate surface area is 90.5 Å². The molecule has 1 aromatic heterocycles. The fourth-order valence-electron chi connectivity index (χ4n) is 1.99. The molecule has 1 saturated heterocycles. The summed E-state index contributed by atoms with van der Waals surface area (Å²) < 4.78 is 0. The van der Waals surface area contributed by atoms with Crippen LogP contribution in [0.3, 0.4) is 0 Å². The van der Waals surface area contributed by atoms with Gasteiger partial charge in [0.1, 0.15) is 5.82 Å². The molecule has 1 fully saturated rings. The molecule has 0 radical (unpaired) electrons. The summed E-state index contributed by atoms with van der Waals surface area (Å²) in [5.41, 5.74) is 6.67. The zero-order valence-corrected chi connectivity index (χ0v) is 9.24. The summed E-state index contributed by atoms with van der Waals surface area (Å²) in [6.45, 7) is 4.07. The Balaban J connectivity index is 2.19. The highest BCUT2D eigenvalue weighted by molar-refractivity contribution is 5.40. The molecule has 4 heteroatoms. The van der Waals surface area contributed by atoms with E-state index in [2.05, 4.69) is 14.9 Å². The number of nitrogen functional groups attached to an aromatic ring is 1. The van der Waals surface area contributed by atoms with Gasteiger partial charge in [0.15, 0.2) is 0 Å². The van der Waals surface area contributed by atoms with Crippen molar-refractivity contribution in [2.45, 2.75) is 32.6 Å². The van der Waals surface area contributed by atoms with E-state index in [1.54, 1.807) is 6.07 Å². The maximum atomic E-state index is 5.73. The maximum absolute atomic E-state index is 5.73. The minimum Gasteiger partial charge on any atom is -0.384 e. The average molecular weight is 206 g/mol. The topological polar surface area (TPSA) is 55.0 Å². The lowest BCUT2D eigenvalue weighted by Gasteiger charge is -2.20. The Kier molecular flexibility index (Phi) is 3.04. The monoisotopic (exact) mass is 206 g/mol. The van der Waals surface area contributed by atoms with E-state index < -0.39 is 0 Å². The van der Waals surface area contributed by atoms with Gasteiger partial charge in [-0.15, -0.1) is 0 Å². The summed E-state index contributed by atoms with van der Waals surface area (Å²) in [6.07, 6.45) is 5.10. The van der Waals surface area contributed by atoms with Gasteiger partial charge in [-0.3, -0.25) is 0 Å². The summed E-state index contributed by atoms with van der Waals surface area (Å²) in [5.74, 6) is 1.37.